The van der Waals surface area contributed by atoms with E-state index in [1.165, 1.54) is 17.7 Å². The average Bonchev–Trinajstić information content (AvgIpc) is 2.99. The Balaban J connectivity index is 1.79. The van der Waals surface area contributed by atoms with Gasteiger partial charge in [-0.05, 0) is 65.8 Å². The third-order valence-corrected chi connectivity index (χ3v) is 4.34. The summed E-state index contributed by atoms with van der Waals surface area (Å²) in [4.78, 5) is 0. The lowest BCUT2D eigenvalue weighted by atomic mass is 9.96. The summed E-state index contributed by atoms with van der Waals surface area (Å²) >= 11 is 0. The molecule has 134 valence electrons. The molecule has 1 heterocycles. The second kappa shape index (κ2) is 6.98. The van der Waals surface area contributed by atoms with Crippen molar-refractivity contribution in [3.05, 3.63) is 58.7 Å². The van der Waals surface area contributed by atoms with Gasteiger partial charge in [-0.3, -0.25) is 0 Å². The van der Waals surface area contributed by atoms with Gasteiger partial charge in [0.1, 0.15) is 12.4 Å². The molecule has 3 rings (SSSR count). The van der Waals surface area contributed by atoms with Crippen molar-refractivity contribution < 1.29 is 17.9 Å². The van der Waals surface area contributed by atoms with Crippen LogP contribution >= 0.6 is 0 Å². The molecule has 0 amide bonds. The maximum Gasteiger partial charge on any atom is 0.416 e. The van der Waals surface area contributed by atoms with Gasteiger partial charge in [0.2, 0.25) is 0 Å². The molecule has 1 N–H and O–H groups in total. The molecule has 0 atom stereocenters. The van der Waals surface area contributed by atoms with E-state index < -0.39 is 11.7 Å². The summed E-state index contributed by atoms with van der Waals surface area (Å²) in [5, 5.41) is 3.29. The number of alkyl halides is 3. The van der Waals surface area contributed by atoms with E-state index in [0.717, 1.165) is 36.0 Å². The molecule has 0 bridgehead atoms. The smallest absolute Gasteiger partial charge is 0.416 e. The van der Waals surface area contributed by atoms with Crippen LogP contribution < -0.4 is 10.1 Å². The monoisotopic (exact) mass is 349 g/mol. The first-order chi connectivity index (χ1) is 11.8. The highest BCUT2D eigenvalue weighted by molar-refractivity contribution is 5.57. The van der Waals surface area contributed by atoms with Crippen molar-refractivity contribution in [2.24, 2.45) is 5.92 Å². The number of hydrogen-bond acceptors (Lipinski definition) is 2. The molecule has 1 aliphatic heterocycles. The number of hydrogen-bond donors (Lipinski definition) is 1. The van der Waals surface area contributed by atoms with Gasteiger partial charge in [0.05, 0.1) is 5.56 Å². The van der Waals surface area contributed by atoms with E-state index in [-0.39, 0.29) is 12.5 Å². The van der Waals surface area contributed by atoms with Crippen molar-refractivity contribution in [1.29, 1.82) is 0 Å². The van der Waals surface area contributed by atoms with Gasteiger partial charge in [0, 0.05) is 12.2 Å². The Morgan fingerprint density at radius 2 is 1.88 bits per heavy atom. The van der Waals surface area contributed by atoms with Gasteiger partial charge in [-0.25, -0.2) is 0 Å². The third-order valence-electron chi connectivity index (χ3n) is 4.34. The lowest BCUT2D eigenvalue weighted by Crippen LogP contribution is -2.09. The summed E-state index contributed by atoms with van der Waals surface area (Å²) < 4.78 is 44.8. The average molecular weight is 349 g/mol. The van der Waals surface area contributed by atoms with Crippen molar-refractivity contribution in [3.8, 4) is 5.75 Å². The minimum Gasteiger partial charge on any atom is -0.489 e. The number of anilines is 1. The van der Waals surface area contributed by atoms with Gasteiger partial charge in [-0.1, -0.05) is 19.9 Å². The molecule has 0 unspecified atom stereocenters. The van der Waals surface area contributed by atoms with Gasteiger partial charge in [0.15, 0.2) is 0 Å². The Bertz CT molecular complexity index is 753. The Labute approximate surface area is 146 Å². The Morgan fingerprint density at radius 1 is 1.08 bits per heavy atom. The summed E-state index contributed by atoms with van der Waals surface area (Å²) in [6.07, 6.45) is -2.76. The van der Waals surface area contributed by atoms with Crippen LogP contribution in [0.4, 0.5) is 18.9 Å². The number of nitrogens with one attached hydrogen (secondary N) is 1. The summed E-state index contributed by atoms with van der Waals surface area (Å²) in [5.74, 6) is 1.02. The molecule has 0 aromatic heterocycles. The maximum absolute atomic E-state index is 13.0. The van der Waals surface area contributed by atoms with Gasteiger partial charge in [0.25, 0.3) is 0 Å². The second-order valence-electron chi connectivity index (χ2n) is 6.86. The molecule has 0 aliphatic carbocycles. The van der Waals surface area contributed by atoms with Crippen LogP contribution in [0.15, 0.2) is 36.4 Å². The van der Waals surface area contributed by atoms with Gasteiger partial charge in [-0.2, -0.15) is 13.2 Å². The minimum absolute atomic E-state index is 0.270. The van der Waals surface area contributed by atoms with Crippen molar-refractivity contribution >= 4 is 5.69 Å². The van der Waals surface area contributed by atoms with Crippen LogP contribution in [0.5, 0.6) is 5.75 Å². The zero-order chi connectivity index (χ0) is 18.0. The number of ether oxygens (including phenoxy) is 1. The van der Waals surface area contributed by atoms with E-state index in [1.807, 2.05) is 32.0 Å². The lowest BCUT2D eigenvalue weighted by molar-refractivity contribution is -0.137. The third kappa shape index (κ3) is 4.27. The summed E-state index contributed by atoms with van der Waals surface area (Å²) in [6.45, 7) is 5.19. The summed E-state index contributed by atoms with van der Waals surface area (Å²) in [7, 11) is 0. The quantitative estimate of drug-likeness (QED) is 0.775. The molecular weight excluding hydrogens is 327 g/mol. The first-order valence-corrected chi connectivity index (χ1v) is 8.51. The molecule has 2 aromatic carbocycles. The molecule has 0 spiro atoms. The molecule has 0 saturated carbocycles. The number of fused-ring (bicyclic) bond motifs is 1. The van der Waals surface area contributed by atoms with E-state index in [2.05, 4.69) is 5.32 Å². The topological polar surface area (TPSA) is 21.3 Å². The predicted molar refractivity (Wildman–Crippen MR) is 93.0 cm³/mol. The maximum atomic E-state index is 13.0. The van der Waals surface area contributed by atoms with Crippen LogP contribution in [0.3, 0.4) is 0 Å². The highest BCUT2D eigenvalue weighted by Gasteiger charge is 2.31. The lowest BCUT2D eigenvalue weighted by Gasteiger charge is -2.16. The van der Waals surface area contributed by atoms with Gasteiger partial charge >= 0.3 is 6.18 Å². The summed E-state index contributed by atoms with van der Waals surface area (Å²) in [5.41, 5.74) is 3.25. The predicted octanol–water partition coefficient (Wildman–Crippen LogP) is 5.45. The van der Waals surface area contributed by atoms with Crippen LogP contribution in [0.25, 0.3) is 0 Å². The zero-order valence-electron chi connectivity index (χ0n) is 14.4. The molecule has 1 aliphatic rings. The first-order valence-electron chi connectivity index (χ1n) is 8.51. The highest BCUT2D eigenvalue weighted by Crippen LogP contribution is 2.32. The van der Waals surface area contributed by atoms with Crippen LogP contribution in [0.1, 0.15) is 36.1 Å². The molecular formula is C20H22F3NO. The number of benzene rings is 2. The number of halogens is 3. The Kier molecular flexibility index (Phi) is 4.93. The molecule has 0 saturated heterocycles. The summed E-state index contributed by atoms with van der Waals surface area (Å²) in [6, 6.07) is 9.81. The van der Waals surface area contributed by atoms with Crippen LogP contribution in [0.2, 0.25) is 0 Å². The minimum atomic E-state index is -4.32. The molecule has 0 fully saturated rings. The largest absolute Gasteiger partial charge is 0.489 e. The van der Waals surface area contributed by atoms with Crippen molar-refractivity contribution in [3.63, 3.8) is 0 Å². The first kappa shape index (κ1) is 17.6. The van der Waals surface area contributed by atoms with E-state index in [1.54, 1.807) is 0 Å². The van der Waals surface area contributed by atoms with E-state index in [9.17, 15) is 13.2 Å². The van der Waals surface area contributed by atoms with Crippen molar-refractivity contribution in [2.45, 2.75) is 39.5 Å². The fraction of sp³-hybridized carbons (Fsp3) is 0.400. The Morgan fingerprint density at radius 3 is 2.60 bits per heavy atom. The van der Waals surface area contributed by atoms with Crippen molar-refractivity contribution in [1.82, 2.24) is 0 Å². The van der Waals surface area contributed by atoms with Gasteiger partial charge in [-0.15, -0.1) is 0 Å². The molecule has 5 heteroatoms. The van der Waals surface area contributed by atoms with Crippen molar-refractivity contribution in [2.75, 3.05) is 11.9 Å². The van der Waals surface area contributed by atoms with Gasteiger partial charge < -0.3 is 10.1 Å². The SMILES string of the molecule is CC(C)Cc1cc(C(F)(F)F)ccc1COc1ccc2c(c1)CCN2. The molecule has 0 radical (unpaired) electrons. The fourth-order valence-corrected chi connectivity index (χ4v) is 3.10. The molecule has 2 nitrogen and oxygen atoms in total. The van der Waals surface area contributed by atoms with Crippen LogP contribution in [0, 0.1) is 5.92 Å². The fourth-order valence-electron chi connectivity index (χ4n) is 3.10. The molecule has 25 heavy (non-hydrogen) atoms. The van der Waals surface area contributed by atoms with E-state index in [4.69, 9.17) is 4.74 Å². The zero-order valence-corrected chi connectivity index (χ0v) is 14.4. The standard InChI is InChI=1S/C20H22F3NO/c1-13(2)9-16-10-17(20(21,22)23)4-3-15(16)12-25-18-5-6-19-14(11-18)7-8-24-19/h3-6,10-11,13,24H,7-9,12H2,1-2H3. The van der Waals surface area contributed by atoms with E-state index in [0.29, 0.717) is 12.0 Å². The number of rotatable bonds is 5. The van der Waals surface area contributed by atoms with Crippen LogP contribution in [-0.2, 0) is 25.6 Å². The highest BCUT2D eigenvalue weighted by atomic mass is 19.4. The normalized spacial score (nSPS) is 13.7. The second-order valence-corrected chi connectivity index (χ2v) is 6.86. The van der Waals surface area contributed by atoms with E-state index >= 15 is 0 Å². The molecule has 2 aromatic rings. The van der Waals surface area contributed by atoms with Crippen LogP contribution in [-0.4, -0.2) is 6.54 Å². The Hall–Kier alpha value is -2.17.